The highest BCUT2D eigenvalue weighted by molar-refractivity contribution is 6.71. The van der Waals surface area contributed by atoms with E-state index in [1.165, 1.54) is 17.1 Å². The van der Waals surface area contributed by atoms with Gasteiger partial charge >= 0.3 is 11.9 Å². The van der Waals surface area contributed by atoms with E-state index in [4.69, 9.17) is 0 Å². The van der Waals surface area contributed by atoms with Crippen molar-refractivity contribution in [3.8, 4) is 16.9 Å². The molecule has 3 aromatic rings. The number of benzene rings is 3. The number of fused-ring (bicyclic) bond motifs is 1. The number of rotatable bonds is 5. The third-order valence-corrected chi connectivity index (χ3v) is 6.87. The maximum Gasteiger partial charge on any atom is 0.338 e. The predicted molar refractivity (Wildman–Crippen MR) is 140 cm³/mol. The highest BCUT2D eigenvalue weighted by atomic mass is 19.1. The van der Waals surface area contributed by atoms with Gasteiger partial charge in [0.2, 0.25) is 0 Å². The molecule has 0 unspecified atom stereocenters. The van der Waals surface area contributed by atoms with Crippen molar-refractivity contribution in [3.63, 3.8) is 0 Å². The molecule has 37 heavy (non-hydrogen) atoms. The van der Waals surface area contributed by atoms with E-state index >= 15 is 0 Å². The van der Waals surface area contributed by atoms with E-state index in [0.717, 1.165) is 41.2 Å². The number of hydrogen-bond acceptors (Lipinski definition) is 6. The molecule has 0 radical (unpaired) electrons. The lowest BCUT2D eigenvalue weighted by Gasteiger charge is -2.16. The first-order valence-corrected chi connectivity index (χ1v) is 11.9. The molecule has 2 aliphatic rings. The normalized spacial score (nSPS) is 15.8. The Morgan fingerprint density at radius 1 is 1.08 bits per heavy atom. The number of nitrogens with one attached hydrogen (secondary N) is 1. The number of anilines is 2. The van der Waals surface area contributed by atoms with Crippen LogP contribution in [0.4, 0.5) is 15.8 Å². The molecule has 0 bridgehead atoms. The van der Waals surface area contributed by atoms with Crippen LogP contribution in [-0.2, 0) is 17.6 Å². The number of phenols is 1. The van der Waals surface area contributed by atoms with Crippen LogP contribution in [0.25, 0.3) is 11.1 Å². The fraction of sp³-hybridized carbons (Fsp3) is 0.214. The Morgan fingerprint density at radius 3 is 2.59 bits per heavy atom. The van der Waals surface area contributed by atoms with Crippen LogP contribution in [0.5, 0.6) is 5.75 Å². The van der Waals surface area contributed by atoms with Gasteiger partial charge in [-0.3, -0.25) is 10.2 Å². The first-order valence-electron chi connectivity index (χ1n) is 11.9. The summed E-state index contributed by atoms with van der Waals surface area (Å²) >= 11 is 0. The molecule has 1 aliphatic heterocycles. The third kappa shape index (κ3) is 4.22. The zero-order valence-electron chi connectivity index (χ0n) is 20.6. The highest BCUT2D eigenvalue weighted by Crippen LogP contribution is 2.44. The Bertz CT molecular complexity index is 1540. The molecule has 1 heterocycles. The summed E-state index contributed by atoms with van der Waals surface area (Å²) in [5.41, 5.74) is 8.56. The van der Waals surface area contributed by atoms with Crippen molar-refractivity contribution >= 4 is 34.7 Å². The quantitative estimate of drug-likeness (QED) is 0.329. The molecule has 3 aromatic carbocycles. The van der Waals surface area contributed by atoms with E-state index in [2.05, 4.69) is 15.6 Å². The number of aromatic carboxylic acids is 1. The number of hydrogen-bond donors (Lipinski definition) is 3. The minimum Gasteiger partial charge on any atom is -0.505 e. The van der Waals surface area contributed by atoms with Crippen molar-refractivity contribution < 1.29 is 24.2 Å². The number of carbonyl (C=O) groups excluding carboxylic acids is 1. The first-order chi connectivity index (χ1) is 17.7. The van der Waals surface area contributed by atoms with Gasteiger partial charge in [0.15, 0.2) is 5.71 Å². The number of carboxylic acid groups (broad SMARTS) is 1. The SMILES string of the molecule is CC1=NN(c2ccc(C)c(C)c2)C(=O)/C1=N\Nc1cc2c(c(-c3ccc(F)c(C(=O)O)c3)c1O)CCC2. The van der Waals surface area contributed by atoms with Gasteiger partial charge in [-0.25, -0.2) is 9.18 Å². The Morgan fingerprint density at radius 2 is 1.86 bits per heavy atom. The van der Waals surface area contributed by atoms with Crippen LogP contribution < -0.4 is 10.4 Å². The van der Waals surface area contributed by atoms with E-state index in [1.54, 1.807) is 13.0 Å². The van der Waals surface area contributed by atoms with Crippen molar-refractivity contribution in [2.75, 3.05) is 10.4 Å². The average Bonchev–Trinajstić information content (AvgIpc) is 3.43. The second-order valence-electron chi connectivity index (χ2n) is 9.28. The number of carbonyl (C=O) groups is 2. The van der Waals surface area contributed by atoms with Crippen molar-refractivity contribution in [3.05, 3.63) is 76.1 Å². The van der Waals surface area contributed by atoms with Gasteiger partial charge in [0.1, 0.15) is 11.6 Å². The van der Waals surface area contributed by atoms with Gasteiger partial charge in [-0.05, 0) is 98.2 Å². The van der Waals surface area contributed by atoms with Crippen LogP contribution in [0, 0.1) is 19.7 Å². The molecule has 0 fully saturated rings. The molecule has 0 atom stereocenters. The Hall–Kier alpha value is -4.53. The predicted octanol–water partition coefficient (Wildman–Crippen LogP) is 5.19. The Balaban J connectivity index is 1.51. The van der Waals surface area contributed by atoms with E-state index in [-0.39, 0.29) is 17.1 Å². The molecule has 1 amide bonds. The number of hydrazone groups is 2. The third-order valence-electron chi connectivity index (χ3n) is 6.87. The lowest BCUT2D eigenvalue weighted by Crippen LogP contribution is -2.28. The number of carboxylic acids is 1. The molecule has 188 valence electrons. The molecule has 0 spiro atoms. The van der Waals surface area contributed by atoms with Gasteiger partial charge < -0.3 is 10.2 Å². The standard InChI is InChI=1S/C28H25FN4O4/c1-14-7-9-19(11-15(14)2)33-27(35)25(16(3)32-33)31-30-23-13-17-5-4-6-20(17)24(26(23)34)18-8-10-22(29)21(12-18)28(36)37/h7-13,30,34H,4-6H2,1-3H3,(H,36,37)/b31-25-. The summed E-state index contributed by atoms with van der Waals surface area (Å²) in [5, 5.41) is 30.5. The maximum atomic E-state index is 14.0. The topological polar surface area (TPSA) is 115 Å². The molecule has 1 aliphatic carbocycles. The molecular formula is C28H25FN4O4. The van der Waals surface area contributed by atoms with E-state index in [0.29, 0.717) is 28.9 Å². The second kappa shape index (κ2) is 9.16. The Kier molecular flexibility index (Phi) is 5.99. The fourth-order valence-corrected chi connectivity index (χ4v) is 4.75. The van der Waals surface area contributed by atoms with Gasteiger partial charge in [0.05, 0.1) is 22.6 Å². The maximum absolute atomic E-state index is 14.0. The van der Waals surface area contributed by atoms with Crippen molar-refractivity contribution in [2.45, 2.75) is 40.0 Å². The molecule has 0 aromatic heterocycles. The largest absolute Gasteiger partial charge is 0.505 e. The summed E-state index contributed by atoms with van der Waals surface area (Å²) in [7, 11) is 0. The van der Waals surface area contributed by atoms with Gasteiger partial charge in [-0.15, -0.1) is 0 Å². The average molecular weight is 501 g/mol. The fourth-order valence-electron chi connectivity index (χ4n) is 4.75. The van der Waals surface area contributed by atoms with Crippen LogP contribution >= 0.6 is 0 Å². The number of aryl methyl sites for hydroxylation is 3. The summed E-state index contributed by atoms with van der Waals surface area (Å²) in [5.74, 6) is -2.80. The smallest absolute Gasteiger partial charge is 0.338 e. The summed E-state index contributed by atoms with van der Waals surface area (Å²) in [6.45, 7) is 5.63. The minimum atomic E-state index is -1.39. The number of phenolic OH excluding ortho intramolecular Hbond substituents is 1. The van der Waals surface area contributed by atoms with E-state index in [1.807, 2.05) is 32.0 Å². The lowest BCUT2D eigenvalue weighted by atomic mass is 9.93. The number of halogens is 1. The van der Waals surface area contributed by atoms with E-state index in [9.17, 15) is 24.2 Å². The number of aromatic hydroxyl groups is 1. The molecule has 0 saturated heterocycles. The highest BCUT2D eigenvalue weighted by Gasteiger charge is 2.31. The molecule has 8 nitrogen and oxygen atoms in total. The summed E-state index contributed by atoms with van der Waals surface area (Å²) < 4.78 is 14.0. The summed E-state index contributed by atoms with van der Waals surface area (Å²) in [6, 6.07) is 11.2. The van der Waals surface area contributed by atoms with Gasteiger partial charge in [-0.1, -0.05) is 12.1 Å². The minimum absolute atomic E-state index is 0.106. The molecular weight excluding hydrogens is 475 g/mol. The van der Waals surface area contributed by atoms with E-state index < -0.39 is 23.3 Å². The van der Waals surface area contributed by atoms with Crippen molar-refractivity contribution in [1.29, 1.82) is 0 Å². The van der Waals surface area contributed by atoms with Crippen LogP contribution in [0.2, 0.25) is 0 Å². The lowest BCUT2D eigenvalue weighted by molar-refractivity contribution is -0.112. The second-order valence-corrected chi connectivity index (χ2v) is 9.28. The van der Waals surface area contributed by atoms with Crippen molar-refractivity contribution in [1.82, 2.24) is 0 Å². The van der Waals surface area contributed by atoms with Gasteiger partial charge in [0, 0.05) is 5.56 Å². The molecule has 9 heteroatoms. The van der Waals surface area contributed by atoms with Crippen molar-refractivity contribution in [2.24, 2.45) is 10.2 Å². The monoisotopic (exact) mass is 500 g/mol. The van der Waals surface area contributed by atoms with Crippen LogP contribution in [-0.4, -0.2) is 33.5 Å². The zero-order chi connectivity index (χ0) is 26.4. The van der Waals surface area contributed by atoms with Gasteiger partial charge in [0.25, 0.3) is 0 Å². The molecule has 5 rings (SSSR count). The number of amides is 1. The summed E-state index contributed by atoms with van der Waals surface area (Å²) in [4.78, 5) is 24.6. The summed E-state index contributed by atoms with van der Waals surface area (Å²) in [6.07, 6.45) is 2.32. The van der Waals surface area contributed by atoms with Crippen LogP contribution in [0.3, 0.4) is 0 Å². The number of nitrogens with zero attached hydrogens (tertiary/aromatic N) is 3. The zero-order valence-corrected chi connectivity index (χ0v) is 20.6. The molecule has 0 saturated carbocycles. The van der Waals surface area contributed by atoms with Crippen LogP contribution in [0.1, 0.15) is 46.0 Å². The van der Waals surface area contributed by atoms with Gasteiger partial charge in [-0.2, -0.15) is 15.2 Å². The first kappa shape index (κ1) is 24.2. The Labute approximate surface area is 212 Å². The molecule has 3 N–H and O–H groups in total. The van der Waals surface area contributed by atoms with Crippen LogP contribution in [0.15, 0.2) is 52.7 Å².